The molecule has 2 fully saturated rings. The molecule has 2 aromatic carbocycles. The molecule has 0 bridgehead atoms. The van der Waals surface area contributed by atoms with E-state index in [1.165, 1.54) is 17.1 Å². The number of rotatable bonds is 6. The SMILES string of the molecule is CC(CN1C[C@H]2N(C(=O)CN(C)N2C(=O)NCc2ccc(F)cc2)[C@@H](C(C)C)C1=O)c1ccccc1. The van der Waals surface area contributed by atoms with Gasteiger partial charge in [-0.1, -0.05) is 63.2 Å². The van der Waals surface area contributed by atoms with Crippen molar-refractivity contribution in [3.63, 3.8) is 0 Å². The number of hydrazine groups is 1. The molecule has 4 amide bonds. The van der Waals surface area contributed by atoms with Crippen molar-refractivity contribution in [1.82, 2.24) is 25.1 Å². The van der Waals surface area contributed by atoms with Gasteiger partial charge in [-0.25, -0.2) is 19.2 Å². The highest BCUT2D eigenvalue weighted by Gasteiger charge is 2.51. The molecule has 2 aromatic rings. The van der Waals surface area contributed by atoms with Crippen LogP contribution in [0, 0.1) is 11.7 Å². The van der Waals surface area contributed by atoms with Crippen LogP contribution in [0.25, 0.3) is 0 Å². The Bertz CT molecular complexity index is 1090. The summed E-state index contributed by atoms with van der Waals surface area (Å²) in [5, 5.41) is 6.03. The number of benzene rings is 2. The van der Waals surface area contributed by atoms with E-state index in [9.17, 15) is 18.8 Å². The van der Waals surface area contributed by atoms with Crippen LogP contribution in [0.4, 0.5) is 9.18 Å². The Hall–Kier alpha value is -3.46. The van der Waals surface area contributed by atoms with Crippen molar-refractivity contribution >= 4 is 17.8 Å². The zero-order chi connectivity index (χ0) is 26.0. The monoisotopic (exact) mass is 495 g/mol. The fraction of sp³-hybridized carbons (Fsp3) is 0.444. The van der Waals surface area contributed by atoms with Crippen LogP contribution in [0.1, 0.15) is 37.8 Å². The lowest BCUT2D eigenvalue weighted by molar-refractivity contribution is -0.190. The first kappa shape index (κ1) is 25.6. The Morgan fingerprint density at radius 3 is 2.36 bits per heavy atom. The molecule has 9 heteroatoms. The molecule has 0 spiro atoms. The molecule has 2 saturated heterocycles. The van der Waals surface area contributed by atoms with Gasteiger partial charge >= 0.3 is 6.03 Å². The number of piperazine rings is 1. The zero-order valence-corrected chi connectivity index (χ0v) is 21.2. The lowest BCUT2D eigenvalue weighted by atomic mass is 9.94. The third-order valence-corrected chi connectivity index (χ3v) is 6.93. The lowest BCUT2D eigenvalue weighted by Crippen LogP contribution is -2.76. The lowest BCUT2D eigenvalue weighted by Gasteiger charge is -2.55. The smallest absolute Gasteiger partial charge is 0.334 e. The summed E-state index contributed by atoms with van der Waals surface area (Å²) in [5.41, 5.74) is 1.88. The van der Waals surface area contributed by atoms with E-state index in [1.54, 1.807) is 34.0 Å². The first-order valence-electron chi connectivity index (χ1n) is 12.3. The number of amides is 4. The number of nitrogens with one attached hydrogen (secondary N) is 1. The summed E-state index contributed by atoms with van der Waals surface area (Å²) >= 11 is 0. The van der Waals surface area contributed by atoms with Crippen LogP contribution in [-0.4, -0.2) is 76.6 Å². The molecule has 8 nitrogen and oxygen atoms in total. The molecule has 2 aliphatic rings. The van der Waals surface area contributed by atoms with Crippen LogP contribution in [0.2, 0.25) is 0 Å². The van der Waals surface area contributed by atoms with Crippen molar-refractivity contribution in [1.29, 1.82) is 0 Å². The Morgan fingerprint density at radius 2 is 1.72 bits per heavy atom. The standard InChI is InChI=1S/C27H34FN5O3/c1-18(2)25-26(35)31(15-19(3)21-8-6-5-7-9-21)16-23-32(25)24(34)17-30(4)33(23)27(36)29-14-20-10-12-22(28)13-11-20/h5-13,18-19,23,25H,14-17H2,1-4H3,(H,29,36)/t19?,23-,25-/m0/s1. The van der Waals surface area contributed by atoms with Crippen molar-refractivity contribution in [2.75, 3.05) is 26.7 Å². The molecule has 0 aliphatic carbocycles. The Morgan fingerprint density at radius 1 is 1.06 bits per heavy atom. The van der Waals surface area contributed by atoms with Crippen molar-refractivity contribution in [3.8, 4) is 0 Å². The van der Waals surface area contributed by atoms with Crippen LogP contribution in [0.3, 0.4) is 0 Å². The third-order valence-electron chi connectivity index (χ3n) is 6.93. The van der Waals surface area contributed by atoms with Gasteiger partial charge in [0, 0.05) is 20.1 Å². The van der Waals surface area contributed by atoms with Gasteiger partial charge in [-0.15, -0.1) is 0 Å². The van der Waals surface area contributed by atoms with Crippen molar-refractivity contribution < 1.29 is 18.8 Å². The van der Waals surface area contributed by atoms with Gasteiger partial charge in [0.05, 0.1) is 13.1 Å². The van der Waals surface area contributed by atoms with Crippen molar-refractivity contribution in [2.24, 2.45) is 5.92 Å². The third kappa shape index (κ3) is 5.21. The van der Waals surface area contributed by atoms with Crippen LogP contribution in [0.15, 0.2) is 54.6 Å². The Kier molecular flexibility index (Phi) is 7.59. The Labute approximate surface area is 211 Å². The second-order valence-corrected chi connectivity index (χ2v) is 9.97. The van der Waals surface area contributed by atoms with Gasteiger partial charge in [0.2, 0.25) is 11.8 Å². The first-order chi connectivity index (χ1) is 17.2. The maximum Gasteiger partial charge on any atom is 0.334 e. The number of likely N-dealkylation sites (N-methyl/N-ethyl adjacent to an activating group) is 1. The summed E-state index contributed by atoms with van der Waals surface area (Å²) in [6.45, 7) is 6.84. The molecule has 0 aromatic heterocycles. The average molecular weight is 496 g/mol. The molecule has 36 heavy (non-hydrogen) atoms. The highest BCUT2D eigenvalue weighted by atomic mass is 19.1. The fourth-order valence-corrected chi connectivity index (χ4v) is 5.10. The van der Waals surface area contributed by atoms with Gasteiger partial charge < -0.3 is 15.1 Å². The summed E-state index contributed by atoms with van der Waals surface area (Å²) in [6.07, 6.45) is -0.627. The minimum absolute atomic E-state index is 0.00259. The Balaban J connectivity index is 1.58. The molecule has 1 N–H and O–H groups in total. The summed E-state index contributed by atoms with van der Waals surface area (Å²) in [7, 11) is 1.70. The molecular weight excluding hydrogens is 461 g/mol. The topological polar surface area (TPSA) is 76.2 Å². The molecule has 2 aliphatic heterocycles. The maximum atomic E-state index is 13.6. The van der Waals surface area contributed by atoms with Gasteiger partial charge in [0.15, 0.2) is 0 Å². The number of nitrogens with zero attached hydrogens (tertiary/aromatic N) is 4. The molecule has 3 atom stereocenters. The van der Waals surface area contributed by atoms with Crippen molar-refractivity contribution in [3.05, 3.63) is 71.5 Å². The van der Waals surface area contributed by atoms with Gasteiger partial charge in [0.25, 0.3) is 0 Å². The van der Waals surface area contributed by atoms with E-state index >= 15 is 0 Å². The number of hydrogen-bond donors (Lipinski definition) is 1. The predicted octanol–water partition coefficient (Wildman–Crippen LogP) is 3.02. The van der Waals surface area contributed by atoms with Gasteiger partial charge in [-0.3, -0.25) is 9.59 Å². The van der Waals surface area contributed by atoms with E-state index in [4.69, 9.17) is 0 Å². The molecular formula is C27H34FN5O3. The zero-order valence-electron chi connectivity index (χ0n) is 21.2. The molecule has 1 unspecified atom stereocenters. The quantitative estimate of drug-likeness (QED) is 0.669. The van der Waals surface area contributed by atoms with E-state index in [1.807, 2.05) is 44.2 Å². The summed E-state index contributed by atoms with van der Waals surface area (Å²) in [5.74, 6) is -0.633. The largest absolute Gasteiger partial charge is 0.336 e. The number of carbonyl (C=O) groups excluding carboxylic acids is 3. The maximum absolute atomic E-state index is 13.6. The summed E-state index contributed by atoms with van der Waals surface area (Å²) in [6, 6.07) is 14.9. The van der Waals surface area contributed by atoms with Crippen LogP contribution >= 0.6 is 0 Å². The molecule has 0 saturated carbocycles. The van der Waals surface area contributed by atoms with E-state index < -0.39 is 12.2 Å². The number of hydrogen-bond acceptors (Lipinski definition) is 4. The summed E-state index contributed by atoms with van der Waals surface area (Å²) in [4.78, 5) is 43.5. The fourth-order valence-electron chi connectivity index (χ4n) is 5.10. The van der Waals surface area contributed by atoms with E-state index in [-0.39, 0.29) is 55.1 Å². The minimum atomic E-state index is -0.652. The summed E-state index contributed by atoms with van der Waals surface area (Å²) < 4.78 is 13.2. The minimum Gasteiger partial charge on any atom is -0.336 e. The molecule has 2 heterocycles. The predicted molar refractivity (Wildman–Crippen MR) is 134 cm³/mol. The van der Waals surface area contributed by atoms with E-state index in [2.05, 4.69) is 12.2 Å². The number of halogens is 1. The number of fused-ring (bicyclic) bond motifs is 1. The van der Waals surface area contributed by atoms with Gasteiger partial charge in [0.1, 0.15) is 18.0 Å². The van der Waals surface area contributed by atoms with Crippen LogP contribution < -0.4 is 5.32 Å². The molecule has 4 rings (SSSR count). The van der Waals surface area contributed by atoms with E-state index in [0.717, 1.165) is 11.1 Å². The average Bonchev–Trinajstić information content (AvgIpc) is 2.84. The van der Waals surface area contributed by atoms with E-state index in [0.29, 0.717) is 6.54 Å². The van der Waals surface area contributed by atoms with Crippen molar-refractivity contribution in [2.45, 2.75) is 45.4 Å². The first-order valence-corrected chi connectivity index (χ1v) is 12.3. The van der Waals surface area contributed by atoms with Gasteiger partial charge in [-0.05, 0) is 35.1 Å². The van der Waals surface area contributed by atoms with Gasteiger partial charge in [-0.2, -0.15) is 0 Å². The number of carbonyl (C=O) groups is 3. The second kappa shape index (κ2) is 10.7. The number of urea groups is 1. The van der Waals surface area contributed by atoms with Crippen LogP contribution in [-0.2, 0) is 16.1 Å². The normalized spacial score (nSPS) is 21.6. The molecule has 0 radical (unpaired) electrons. The molecule has 192 valence electrons. The van der Waals surface area contributed by atoms with Crippen LogP contribution in [0.5, 0.6) is 0 Å². The second-order valence-electron chi connectivity index (χ2n) is 9.97. The highest BCUT2D eigenvalue weighted by molar-refractivity contribution is 5.91. The highest BCUT2D eigenvalue weighted by Crippen LogP contribution is 2.30.